The highest BCUT2D eigenvalue weighted by atomic mass is 35.5. The van der Waals surface area contributed by atoms with Gasteiger partial charge in [0.25, 0.3) is 5.91 Å². The molecule has 2 rings (SSSR count). The van der Waals surface area contributed by atoms with Gasteiger partial charge in [-0.1, -0.05) is 11.6 Å². The fraction of sp³-hybridized carbons (Fsp3) is 0.143. The number of carbonyl (C=O) groups excluding carboxylic acids is 1. The van der Waals surface area contributed by atoms with E-state index < -0.39 is 0 Å². The molecule has 0 saturated heterocycles. The topological polar surface area (TPSA) is 54.0 Å². The third kappa shape index (κ3) is 3.23. The molecular formula is C14H14ClN3O. The lowest BCUT2D eigenvalue weighted by molar-refractivity contribution is 0.102. The van der Waals surface area contributed by atoms with E-state index in [-0.39, 0.29) is 5.91 Å². The highest BCUT2D eigenvalue weighted by molar-refractivity contribution is 6.31. The molecule has 0 aliphatic carbocycles. The molecule has 4 nitrogen and oxygen atoms in total. The summed E-state index contributed by atoms with van der Waals surface area (Å²) in [6.45, 7) is 1.89. The smallest absolute Gasteiger partial charge is 0.257 e. The van der Waals surface area contributed by atoms with Crippen molar-refractivity contribution >= 4 is 28.9 Å². The van der Waals surface area contributed by atoms with E-state index in [1.807, 2.05) is 19.1 Å². The van der Waals surface area contributed by atoms with Gasteiger partial charge in [0.15, 0.2) is 0 Å². The van der Waals surface area contributed by atoms with Crippen LogP contribution in [0, 0.1) is 6.92 Å². The Labute approximate surface area is 116 Å². The standard InChI is InChI=1S/C14H14ClN3O/c1-9-3-5-11(8-17-9)18-14(19)12-7-10(15)4-6-13(12)16-2/h3-8,16H,1-2H3,(H,18,19). The third-order valence-corrected chi connectivity index (χ3v) is 2.90. The molecule has 0 bridgehead atoms. The van der Waals surface area contributed by atoms with Crippen molar-refractivity contribution in [1.29, 1.82) is 0 Å². The Morgan fingerprint density at radius 3 is 2.68 bits per heavy atom. The van der Waals surface area contributed by atoms with E-state index in [0.29, 0.717) is 16.3 Å². The number of nitrogens with one attached hydrogen (secondary N) is 2. The number of halogens is 1. The van der Waals surface area contributed by atoms with Gasteiger partial charge in [-0.2, -0.15) is 0 Å². The van der Waals surface area contributed by atoms with E-state index >= 15 is 0 Å². The van der Waals surface area contributed by atoms with E-state index in [1.54, 1.807) is 31.4 Å². The van der Waals surface area contributed by atoms with Gasteiger partial charge in [-0.25, -0.2) is 0 Å². The maximum absolute atomic E-state index is 12.2. The van der Waals surface area contributed by atoms with Crippen molar-refractivity contribution in [2.75, 3.05) is 17.7 Å². The number of aromatic nitrogens is 1. The fourth-order valence-electron chi connectivity index (χ4n) is 1.66. The highest BCUT2D eigenvalue weighted by Crippen LogP contribution is 2.21. The number of hydrogen-bond donors (Lipinski definition) is 2. The monoisotopic (exact) mass is 275 g/mol. The zero-order valence-corrected chi connectivity index (χ0v) is 11.5. The molecule has 19 heavy (non-hydrogen) atoms. The van der Waals surface area contributed by atoms with E-state index in [1.165, 1.54) is 0 Å². The molecule has 0 saturated carbocycles. The number of anilines is 2. The molecule has 0 aliphatic rings. The number of benzene rings is 1. The number of rotatable bonds is 3. The summed E-state index contributed by atoms with van der Waals surface area (Å²) in [5.74, 6) is -0.225. The number of amides is 1. The molecule has 5 heteroatoms. The van der Waals surface area contributed by atoms with Crippen LogP contribution in [0.3, 0.4) is 0 Å². The predicted octanol–water partition coefficient (Wildman–Crippen LogP) is 3.34. The first-order valence-corrected chi connectivity index (χ1v) is 6.19. The molecule has 0 spiro atoms. The number of aryl methyl sites for hydroxylation is 1. The van der Waals surface area contributed by atoms with Gasteiger partial charge in [-0.3, -0.25) is 9.78 Å². The van der Waals surface area contributed by atoms with E-state index in [9.17, 15) is 4.79 Å². The maximum Gasteiger partial charge on any atom is 0.257 e. The van der Waals surface area contributed by atoms with Gasteiger partial charge in [0.1, 0.15) is 0 Å². The Bertz CT molecular complexity index is 596. The van der Waals surface area contributed by atoms with Crippen LogP contribution in [-0.2, 0) is 0 Å². The van der Waals surface area contributed by atoms with Crippen LogP contribution >= 0.6 is 11.6 Å². The molecule has 0 unspecified atom stereocenters. The quantitative estimate of drug-likeness (QED) is 0.903. The van der Waals surface area contributed by atoms with Crippen molar-refractivity contribution in [3.05, 3.63) is 52.8 Å². The van der Waals surface area contributed by atoms with Gasteiger partial charge in [0.05, 0.1) is 17.4 Å². The third-order valence-electron chi connectivity index (χ3n) is 2.66. The molecule has 2 N–H and O–H groups in total. The van der Waals surface area contributed by atoms with Crippen LogP contribution in [0.15, 0.2) is 36.5 Å². The molecule has 2 aromatic rings. The molecule has 0 atom stereocenters. The van der Waals surface area contributed by atoms with Crippen molar-refractivity contribution in [3.63, 3.8) is 0 Å². The fourth-order valence-corrected chi connectivity index (χ4v) is 1.83. The lowest BCUT2D eigenvalue weighted by Crippen LogP contribution is -2.14. The second-order valence-electron chi connectivity index (χ2n) is 4.08. The Hall–Kier alpha value is -2.07. The summed E-state index contributed by atoms with van der Waals surface area (Å²) in [5, 5.41) is 6.27. The first-order valence-electron chi connectivity index (χ1n) is 5.81. The summed E-state index contributed by atoms with van der Waals surface area (Å²) in [6, 6.07) is 8.78. The zero-order valence-electron chi connectivity index (χ0n) is 10.7. The molecule has 0 aliphatic heterocycles. The van der Waals surface area contributed by atoms with E-state index in [4.69, 9.17) is 11.6 Å². The minimum atomic E-state index is -0.225. The molecule has 1 heterocycles. The Kier molecular flexibility index (Phi) is 4.02. The van der Waals surface area contributed by atoms with Crippen LogP contribution in [0.4, 0.5) is 11.4 Å². The first kappa shape index (κ1) is 13.4. The number of carbonyl (C=O) groups is 1. The van der Waals surface area contributed by atoms with Gasteiger partial charge < -0.3 is 10.6 Å². The molecule has 1 aromatic heterocycles. The zero-order chi connectivity index (χ0) is 13.8. The SMILES string of the molecule is CNc1ccc(Cl)cc1C(=O)Nc1ccc(C)nc1. The predicted molar refractivity (Wildman–Crippen MR) is 77.9 cm³/mol. The van der Waals surface area contributed by atoms with E-state index in [2.05, 4.69) is 15.6 Å². The Morgan fingerprint density at radius 2 is 2.05 bits per heavy atom. The van der Waals surface area contributed by atoms with Gasteiger partial charge >= 0.3 is 0 Å². The average molecular weight is 276 g/mol. The Balaban J connectivity index is 2.24. The summed E-state index contributed by atoms with van der Waals surface area (Å²) in [5.41, 5.74) is 2.77. The maximum atomic E-state index is 12.2. The highest BCUT2D eigenvalue weighted by Gasteiger charge is 2.11. The minimum absolute atomic E-state index is 0.225. The molecule has 1 aromatic carbocycles. The van der Waals surface area contributed by atoms with Gasteiger partial charge in [0, 0.05) is 23.5 Å². The molecule has 0 radical (unpaired) electrons. The summed E-state index contributed by atoms with van der Waals surface area (Å²) in [7, 11) is 1.76. The lowest BCUT2D eigenvalue weighted by Gasteiger charge is -2.10. The summed E-state index contributed by atoms with van der Waals surface area (Å²) < 4.78 is 0. The van der Waals surface area contributed by atoms with E-state index in [0.717, 1.165) is 11.4 Å². The second-order valence-corrected chi connectivity index (χ2v) is 4.52. The van der Waals surface area contributed by atoms with Crippen molar-refractivity contribution in [1.82, 2.24) is 4.98 Å². The van der Waals surface area contributed by atoms with Crippen molar-refractivity contribution < 1.29 is 4.79 Å². The van der Waals surface area contributed by atoms with Crippen molar-refractivity contribution in [2.24, 2.45) is 0 Å². The second kappa shape index (κ2) is 5.71. The molecular weight excluding hydrogens is 262 g/mol. The van der Waals surface area contributed by atoms with Crippen LogP contribution in [-0.4, -0.2) is 17.9 Å². The normalized spacial score (nSPS) is 10.1. The van der Waals surface area contributed by atoms with Gasteiger partial charge in [0.2, 0.25) is 0 Å². The van der Waals surface area contributed by atoms with Gasteiger partial charge in [-0.05, 0) is 37.3 Å². The van der Waals surface area contributed by atoms with Crippen LogP contribution < -0.4 is 10.6 Å². The lowest BCUT2D eigenvalue weighted by atomic mass is 10.1. The number of pyridine rings is 1. The van der Waals surface area contributed by atoms with Crippen LogP contribution in [0.5, 0.6) is 0 Å². The largest absolute Gasteiger partial charge is 0.387 e. The van der Waals surface area contributed by atoms with Crippen LogP contribution in [0.2, 0.25) is 5.02 Å². The average Bonchev–Trinajstić information content (AvgIpc) is 2.41. The first-order chi connectivity index (χ1) is 9.10. The van der Waals surface area contributed by atoms with Crippen LogP contribution in [0.25, 0.3) is 0 Å². The summed E-state index contributed by atoms with van der Waals surface area (Å²) in [4.78, 5) is 16.3. The van der Waals surface area contributed by atoms with Crippen molar-refractivity contribution in [2.45, 2.75) is 6.92 Å². The van der Waals surface area contributed by atoms with Gasteiger partial charge in [-0.15, -0.1) is 0 Å². The minimum Gasteiger partial charge on any atom is -0.387 e. The summed E-state index contributed by atoms with van der Waals surface area (Å²) >= 11 is 5.92. The van der Waals surface area contributed by atoms with Crippen LogP contribution in [0.1, 0.15) is 16.1 Å². The van der Waals surface area contributed by atoms with Crippen molar-refractivity contribution in [3.8, 4) is 0 Å². The molecule has 1 amide bonds. The number of nitrogens with zero attached hydrogens (tertiary/aromatic N) is 1. The molecule has 98 valence electrons. The Morgan fingerprint density at radius 1 is 1.26 bits per heavy atom. The number of hydrogen-bond acceptors (Lipinski definition) is 3. The molecule has 0 fully saturated rings. The summed E-state index contributed by atoms with van der Waals surface area (Å²) in [6.07, 6.45) is 1.62.